The van der Waals surface area contributed by atoms with E-state index in [0.29, 0.717) is 13.0 Å². The first kappa shape index (κ1) is 16.6. The SMILES string of the molecule is Cc1ccc(N2CC[C@H](NS(=O)(=O)c3cccc(F)c3)C2=O)cc1. The number of nitrogens with zero attached hydrogens (tertiary/aromatic N) is 1. The van der Waals surface area contributed by atoms with E-state index >= 15 is 0 Å². The number of hydrogen-bond donors (Lipinski definition) is 1. The largest absolute Gasteiger partial charge is 0.311 e. The van der Waals surface area contributed by atoms with Gasteiger partial charge in [0.25, 0.3) is 0 Å². The summed E-state index contributed by atoms with van der Waals surface area (Å²) in [5, 5.41) is 0. The number of carbonyl (C=O) groups excluding carboxylic acids is 1. The molecule has 0 saturated carbocycles. The van der Waals surface area contributed by atoms with Crippen LogP contribution >= 0.6 is 0 Å². The third-order valence-corrected chi connectivity index (χ3v) is 5.42. The highest BCUT2D eigenvalue weighted by atomic mass is 32.2. The molecule has 5 nitrogen and oxygen atoms in total. The summed E-state index contributed by atoms with van der Waals surface area (Å²) in [6.45, 7) is 2.38. The van der Waals surface area contributed by atoms with Gasteiger partial charge in [0, 0.05) is 12.2 Å². The van der Waals surface area contributed by atoms with Gasteiger partial charge in [0.2, 0.25) is 15.9 Å². The van der Waals surface area contributed by atoms with Gasteiger partial charge in [-0.05, 0) is 43.7 Å². The van der Waals surface area contributed by atoms with Crippen LogP contribution in [0.3, 0.4) is 0 Å². The molecule has 1 aliphatic heterocycles. The normalized spacial score (nSPS) is 18.2. The van der Waals surface area contributed by atoms with E-state index in [1.165, 1.54) is 18.2 Å². The highest BCUT2D eigenvalue weighted by molar-refractivity contribution is 7.89. The second kappa shape index (κ2) is 6.33. The van der Waals surface area contributed by atoms with Crippen molar-refractivity contribution < 1.29 is 17.6 Å². The Hall–Kier alpha value is -2.25. The van der Waals surface area contributed by atoms with E-state index in [1.807, 2.05) is 31.2 Å². The molecule has 0 radical (unpaired) electrons. The van der Waals surface area contributed by atoms with Gasteiger partial charge in [0.1, 0.15) is 11.9 Å². The summed E-state index contributed by atoms with van der Waals surface area (Å²) in [6, 6.07) is 11.3. The van der Waals surface area contributed by atoms with E-state index in [1.54, 1.807) is 4.90 Å². The van der Waals surface area contributed by atoms with Gasteiger partial charge < -0.3 is 4.90 Å². The third kappa shape index (κ3) is 3.32. The zero-order chi connectivity index (χ0) is 17.3. The molecule has 2 aromatic rings. The fraction of sp³-hybridized carbons (Fsp3) is 0.235. The molecule has 2 aromatic carbocycles. The van der Waals surface area contributed by atoms with Crippen LogP contribution < -0.4 is 9.62 Å². The van der Waals surface area contributed by atoms with Crippen molar-refractivity contribution in [3.8, 4) is 0 Å². The topological polar surface area (TPSA) is 66.5 Å². The lowest BCUT2D eigenvalue weighted by Crippen LogP contribution is -2.41. The first-order valence-electron chi connectivity index (χ1n) is 7.53. The number of benzene rings is 2. The second-order valence-electron chi connectivity index (χ2n) is 5.75. The van der Waals surface area contributed by atoms with Gasteiger partial charge in [-0.15, -0.1) is 0 Å². The molecule has 1 amide bonds. The van der Waals surface area contributed by atoms with Crippen LogP contribution in [0.5, 0.6) is 0 Å². The summed E-state index contributed by atoms with van der Waals surface area (Å²) >= 11 is 0. The highest BCUT2D eigenvalue weighted by Crippen LogP contribution is 2.23. The fourth-order valence-electron chi connectivity index (χ4n) is 2.66. The number of anilines is 1. The lowest BCUT2D eigenvalue weighted by molar-refractivity contribution is -0.118. The molecular weight excluding hydrogens is 331 g/mol. The van der Waals surface area contributed by atoms with E-state index < -0.39 is 21.9 Å². The standard InChI is InChI=1S/C17H17FN2O3S/c1-12-5-7-14(8-6-12)20-10-9-16(17(20)21)19-24(22,23)15-4-2-3-13(18)11-15/h2-8,11,16,19H,9-10H2,1H3/t16-/m0/s1. The molecule has 1 saturated heterocycles. The average molecular weight is 348 g/mol. The van der Waals surface area contributed by atoms with Gasteiger partial charge in [-0.1, -0.05) is 23.8 Å². The Bertz CT molecular complexity index is 866. The Morgan fingerprint density at radius 3 is 2.54 bits per heavy atom. The Morgan fingerprint density at radius 2 is 1.88 bits per heavy atom. The number of hydrogen-bond acceptors (Lipinski definition) is 3. The monoisotopic (exact) mass is 348 g/mol. The highest BCUT2D eigenvalue weighted by Gasteiger charge is 2.35. The maximum atomic E-state index is 13.2. The van der Waals surface area contributed by atoms with Crippen molar-refractivity contribution in [1.82, 2.24) is 4.72 Å². The van der Waals surface area contributed by atoms with Crippen molar-refractivity contribution in [3.63, 3.8) is 0 Å². The summed E-state index contributed by atoms with van der Waals surface area (Å²) < 4.78 is 40.3. The predicted octanol–water partition coefficient (Wildman–Crippen LogP) is 2.22. The van der Waals surface area contributed by atoms with Gasteiger partial charge >= 0.3 is 0 Å². The molecule has 1 atom stereocenters. The average Bonchev–Trinajstić information content (AvgIpc) is 2.89. The maximum absolute atomic E-state index is 13.2. The van der Waals surface area contributed by atoms with Crippen molar-refractivity contribution in [2.75, 3.05) is 11.4 Å². The smallest absolute Gasteiger partial charge is 0.245 e. The summed E-state index contributed by atoms with van der Waals surface area (Å²) in [5.74, 6) is -0.948. The molecule has 0 bridgehead atoms. The van der Waals surface area contributed by atoms with Crippen LogP contribution in [-0.4, -0.2) is 26.9 Å². The fourth-order valence-corrected chi connectivity index (χ4v) is 3.91. The van der Waals surface area contributed by atoms with Crippen LogP contribution in [0, 0.1) is 12.7 Å². The Morgan fingerprint density at radius 1 is 1.17 bits per heavy atom. The maximum Gasteiger partial charge on any atom is 0.245 e. The molecule has 1 fully saturated rings. The molecular formula is C17H17FN2O3S. The summed E-state index contributed by atoms with van der Waals surface area (Å²) in [7, 11) is -3.95. The minimum absolute atomic E-state index is 0.191. The van der Waals surface area contributed by atoms with Crippen molar-refractivity contribution >= 4 is 21.6 Å². The molecule has 3 rings (SSSR count). The molecule has 7 heteroatoms. The van der Waals surface area contributed by atoms with E-state index in [4.69, 9.17) is 0 Å². The lowest BCUT2D eigenvalue weighted by atomic mass is 10.2. The number of carbonyl (C=O) groups is 1. The quantitative estimate of drug-likeness (QED) is 0.921. The van der Waals surface area contributed by atoms with Crippen LogP contribution in [0.25, 0.3) is 0 Å². The van der Waals surface area contributed by atoms with Crippen LogP contribution in [0.2, 0.25) is 0 Å². The van der Waals surface area contributed by atoms with Gasteiger partial charge in [-0.25, -0.2) is 12.8 Å². The minimum Gasteiger partial charge on any atom is -0.311 e. The number of amides is 1. The first-order chi connectivity index (χ1) is 11.4. The summed E-state index contributed by atoms with van der Waals surface area (Å²) in [4.78, 5) is 13.9. The molecule has 0 unspecified atom stereocenters. The van der Waals surface area contributed by atoms with Crippen molar-refractivity contribution in [2.24, 2.45) is 0 Å². The third-order valence-electron chi connectivity index (χ3n) is 3.95. The van der Waals surface area contributed by atoms with Crippen molar-refractivity contribution in [3.05, 3.63) is 59.9 Å². The van der Waals surface area contributed by atoms with Crippen molar-refractivity contribution in [1.29, 1.82) is 0 Å². The second-order valence-corrected chi connectivity index (χ2v) is 7.46. The van der Waals surface area contributed by atoms with Crippen LogP contribution in [0.1, 0.15) is 12.0 Å². The first-order valence-corrected chi connectivity index (χ1v) is 9.01. The number of halogens is 1. The molecule has 24 heavy (non-hydrogen) atoms. The van der Waals surface area contributed by atoms with Gasteiger partial charge in [-0.3, -0.25) is 4.79 Å². The van der Waals surface area contributed by atoms with Crippen LogP contribution in [0.15, 0.2) is 53.4 Å². The molecule has 1 N–H and O–H groups in total. The van der Waals surface area contributed by atoms with Gasteiger partial charge in [0.05, 0.1) is 4.90 Å². The van der Waals surface area contributed by atoms with Gasteiger partial charge in [0.15, 0.2) is 0 Å². The molecule has 1 heterocycles. The predicted molar refractivity (Wildman–Crippen MR) is 88.7 cm³/mol. The number of nitrogens with one attached hydrogen (secondary N) is 1. The number of sulfonamides is 1. The number of aryl methyl sites for hydroxylation is 1. The van der Waals surface area contributed by atoms with Crippen LogP contribution in [0.4, 0.5) is 10.1 Å². The Kier molecular flexibility index (Phi) is 4.38. The summed E-state index contributed by atoms with van der Waals surface area (Å²) in [6.07, 6.45) is 0.362. The minimum atomic E-state index is -3.95. The Balaban J connectivity index is 1.77. The van der Waals surface area contributed by atoms with E-state index in [9.17, 15) is 17.6 Å². The molecule has 126 valence electrons. The molecule has 0 spiro atoms. The zero-order valence-corrected chi connectivity index (χ0v) is 13.9. The van der Waals surface area contributed by atoms with E-state index in [0.717, 1.165) is 17.3 Å². The van der Waals surface area contributed by atoms with Crippen molar-refractivity contribution in [2.45, 2.75) is 24.3 Å². The molecule has 0 aromatic heterocycles. The van der Waals surface area contributed by atoms with E-state index in [-0.39, 0.29) is 10.8 Å². The summed E-state index contributed by atoms with van der Waals surface area (Å²) in [5.41, 5.74) is 1.81. The van der Waals surface area contributed by atoms with Gasteiger partial charge in [-0.2, -0.15) is 4.72 Å². The van der Waals surface area contributed by atoms with E-state index in [2.05, 4.69) is 4.72 Å². The van der Waals surface area contributed by atoms with Crippen LogP contribution in [-0.2, 0) is 14.8 Å². The Labute approximate surface area is 140 Å². The zero-order valence-electron chi connectivity index (χ0n) is 13.1. The molecule has 1 aliphatic rings. The molecule has 0 aliphatic carbocycles. The lowest BCUT2D eigenvalue weighted by Gasteiger charge is -2.17. The number of rotatable bonds is 4.